The number of methoxy groups -OCH3 is 1. The molecule has 0 unspecified atom stereocenters. The van der Waals surface area contributed by atoms with Crippen molar-refractivity contribution in [2.24, 2.45) is 4.99 Å². The molecule has 0 bridgehead atoms. The first kappa shape index (κ1) is 18.3. The molecule has 1 aromatic rings. The molecule has 3 rings (SSSR count). The minimum Gasteiger partial charge on any atom is -0.497 e. The van der Waals surface area contributed by atoms with E-state index in [1.165, 1.54) is 11.8 Å². The van der Waals surface area contributed by atoms with E-state index in [0.717, 1.165) is 17.7 Å². The minimum absolute atomic E-state index is 0.0238. The second-order valence-electron chi connectivity index (χ2n) is 6.23. The molecule has 0 aromatic heterocycles. The van der Waals surface area contributed by atoms with Gasteiger partial charge in [-0.2, -0.15) is 4.99 Å². The number of amides is 1. The predicted molar refractivity (Wildman–Crippen MR) is 100.0 cm³/mol. The van der Waals surface area contributed by atoms with E-state index in [1.54, 1.807) is 14.0 Å². The predicted octanol–water partition coefficient (Wildman–Crippen LogP) is 1.74. The van der Waals surface area contributed by atoms with Gasteiger partial charge in [-0.25, -0.2) is 8.42 Å². The Balaban J connectivity index is 1.76. The lowest BCUT2D eigenvalue weighted by Gasteiger charge is -2.24. The molecule has 8 heteroatoms. The third kappa shape index (κ3) is 4.17. The number of hydrogen-bond acceptors (Lipinski definition) is 5. The van der Waals surface area contributed by atoms with Gasteiger partial charge in [0.2, 0.25) is 5.91 Å². The zero-order valence-corrected chi connectivity index (χ0v) is 16.0. The van der Waals surface area contributed by atoms with Crippen LogP contribution in [0.1, 0.15) is 18.9 Å². The Hall–Kier alpha value is -1.54. The second kappa shape index (κ2) is 7.37. The smallest absolute Gasteiger partial charge is 0.247 e. The van der Waals surface area contributed by atoms with Crippen LogP contribution < -0.4 is 4.74 Å². The normalized spacial score (nSPS) is 26.0. The molecular weight excluding hydrogens is 360 g/mol. The summed E-state index contributed by atoms with van der Waals surface area (Å²) in [4.78, 5) is 18.0. The summed E-state index contributed by atoms with van der Waals surface area (Å²) in [6.07, 6.45) is 1.11. The maximum Gasteiger partial charge on any atom is 0.247 e. The van der Waals surface area contributed by atoms with E-state index >= 15 is 0 Å². The Bertz CT molecular complexity index is 774. The van der Waals surface area contributed by atoms with Crippen molar-refractivity contribution < 1.29 is 17.9 Å². The fourth-order valence-electron chi connectivity index (χ4n) is 3.12. The number of sulfone groups is 1. The van der Waals surface area contributed by atoms with Gasteiger partial charge in [0.25, 0.3) is 0 Å². The van der Waals surface area contributed by atoms with Crippen LogP contribution in [0, 0.1) is 0 Å². The first-order valence-corrected chi connectivity index (χ1v) is 11.0. The number of fused-ring (bicyclic) bond motifs is 1. The molecule has 2 aliphatic heterocycles. The lowest BCUT2D eigenvalue weighted by Crippen LogP contribution is -2.39. The lowest BCUT2D eigenvalue weighted by atomic mass is 10.1. The average Bonchev–Trinajstić information content (AvgIpc) is 3.04. The molecule has 25 heavy (non-hydrogen) atoms. The quantitative estimate of drug-likeness (QED) is 0.772. The number of aliphatic imine (C=N–C) groups is 1. The van der Waals surface area contributed by atoms with Crippen LogP contribution in [0.15, 0.2) is 29.3 Å². The van der Waals surface area contributed by atoms with Gasteiger partial charge in [-0.05, 0) is 24.1 Å². The number of benzene rings is 1. The molecule has 2 fully saturated rings. The van der Waals surface area contributed by atoms with Crippen LogP contribution >= 0.6 is 11.8 Å². The standard InChI is InChI=1S/C17H22N2O4S2/c1-3-16(20)18-17-19(14-10-25(21,22)11-15(14)24-17)9-8-12-4-6-13(23-2)7-5-12/h4-7,14-15H,3,8-11H2,1-2H3/t14-,15-/m1/s1. The largest absolute Gasteiger partial charge is 0.497 e. The van der Waals surface area contributed by atoms with Crippen LogP contribution in [-0.2, 0) is 21.1 Å². The van der Waals surface area contributed by atoms with Crippen molar-refractivity contribution in [3.63, 3.8) is 0 Å². The summed E-state index contributed by atoms with van der Waals surface area (Å²) in [5.41, 5.74) is 1.14. The Kier molecular flexibility index (Phi) is 5.38. The highest BCUT2D eigenvalue weighted by Gasteiger charge is 2.48. The second-order valence-corrected chi connectivity index (χ2v) is 9.59. The van der Waals surface area contributed by atoms with Crippen LogP contribution in [0.25, 0.3) is 0 Å². The van der Waals surface area contributed by atoms with Gasteiger partial charge in [0.05, 0.1) is 24.7 Å². The first-order valence-electron chi connectivity index (χ1n) is 8.30. The van der Waals surface area contributed by atoms with Crippen molar-refractivity contribution in [3.8, 4) is 5.75 Å². The number of ether oxygens (including phenoxy) is 1. The molecule has 2 heterocycles. The number of nitrogens with zero attached hydrogens (tertiary/aromatic N) is 2. The molecule has 0 aliphatic carbocycles. The summed E-state index contributed by atoms with van der Waals surface area (Å²) in [5.74, 6) is 0.950. The molecular formula is C17H22N2O4S2. The summed E-state index contributed by atoms with van der Waals surface area (Å²) in [6.45, 7) is 2.42. The molecule has 0 saturated carbocycles. The molecule has 136 valence electrons. The highest BCUT2D eigenvalue weighted by molar-refractivity contribution is 8.15. The Labute approximate surface area is 152 Å². The van der Waals surface area contributed by atoms with E-state index < -0.39 is 9.84 Å². The van der Waals surface area contributed by atoms with Gasteiger partial charge in [-0.1, -0.05) is 30.8 Å². The van der Waals surface area contributed by atoms with Gasteiger partial charge >= 0.3 is 0 Å². The van der Waals surface area contributed by atoms with Crippen LogP contribution in [0.3, 0.4) is 0 Å². The van der Waals surface area contributed by atoms with E-state index in [9.17, 15) is 13.2 Å². The molecule has 1 amide bonds. The number of hydrogen-bond donors (Lipinski definition) is 0. The Morgan fingerprint density at radius 2 is 2.04 bits per heavy atom. The van der Waals surface area contributed by atoms with Gasteiger partial charge < -0.3 is 9.64 Å². The Morgan fingerprint density at radius 3 is 2.68 bits per heavy atom. The number of carbonyl (C=O) groups is 1. The topological polar surface area (TPSA) is 76.0 Å². The van der Waals surface area contributed by atoms with Crippen molar-refractivity contribution in [2.75, 3.05) is 25.2 Å². The molecule has 1 aromatic carbocycles. The zero-order chi connectivity index (χ0) is 18.0. The van der Waals surface area contributed by atoms with Crippen molar-refractivity contribution in [1.82, 2.24) is 4.90 Å². The maximum atomic E-state index is 12.0. The van der Waals surface area contributed by atoms with E-state index in [2.05, 4.69) is 4.99 Å². The summed E-state index contributed by atoms with van der Waals surface area (Å²) in [7, 11) is -1.38. The number of rotatable bonds is 5. The molecule has 0 spiro atoms. The van der Waals surface area contributed by atoms with Crippen molar-refractivity contribution >= 4 is 32.7 Å². The van der Waals surface area contributed by atoms with Gasteiger partial charge in [-0.3, -0.25) is 4.79 Å². The SMILES string of the molecule is CCC(=O)N=C1S[C@@H]2CS(=O)(=O)C[C@H]2N1CCc1ccc(OC)cc1. The first-order chi connectivity index (χ1) is 11.9. The summed E-state index contributed by atoms with van der Waals surface area (Å²) in [6, 6.07) is 7.73. The lowest BCUT2D eigenvalue weighted by molar-refractivity contribution is -0.117. The van der Waals surface area contributed by atoms with Crippen LogP contribution in [0.2, 0.25) is 0 Å². The number of carbonyl (C=O) groups excluding carboxylic acids is 1. The average molecular weight is 383 g/mol. The van der Waals surface area contributed by atoms with Gasteiger partial charge in [0, 0.05) is 18.2 Å². The third-order valence-corrected chi connectivity index (χ3v) is 7.75. The van der Waals surface area contributed by atoms with Crippen LogP contribution in [-0.4, -0.2) is 60.8 Å². The number of thioether (sulfide) groups is 1. The Morgan fingerprint density at radius 1 is 1.32 bits per heavy atom. The van der Waals surface area contributed by atoms with Gasteiger partial charge in [-0.15, -0.1) is 0 Å². The summed E-state index contributed by atoms with van der Waals surface area (Å²) < 4.78 is 29.1. The summed E-state index contributed by atoms with van der Waals surface area (Å²) >= 11 is 1.43. The van der Waals surface area contributed by atoms with Crippen LogP contribution in [0.4, 0.5) is 0 Å². The van der Waals surface area contributed by atoms with E-state index in [-0.39, 0.29) is 28.7 Å². The van der Waals surface area contributed by atoms with Crippen molar-refractivity contribution in [3.05, 3.63) is 29.8 Å². The molecule has 0 N–H and O–H groups in total. The van der Waals surface area contributed by atoms with E-state index in [1.807, 2.05) is 29.2 Å². The monoisotopic (exact) mass is 382 g/mol. The van der Waals surface area contributed by atoms with E-state index in [0.29, 0.717) is 18.1 Å². The maximum absolute atomic E-state index is 12.0. The molecule has 2 aliphatic rings. The van der Waals surface area contributed by atoms with Crippen LogP contribution in [0.5, 0.6) is 5.75 Å². The van der Waals surface area contributed by atoms with Gasteiger partial charge in [0.15, 0.2) is 15.0 Å². The third-order valence-electron chi connectivity index (χ3n) is 4.50. The molecule has 6 nitrogen and oxygen atoms in total. The molecule has 2 atom stereocenters. The minimum atomic E-state index is -3.01. The van der Waals surface area contributed by atoms with Gasteiger partial charge in [0.1, 0.15) is 5.75 Å². The summed E-state index contributed by atoms with van der Waals surface area (Å²) in [5, 5.41) is 0.648. The van der Waals surface area contributed by atoms with Crippen molar-refractivity contribution in [2.45, 2.75) is 31.1 Å². The van der Waals surface area contributed by atoms with Crippen molar-refractivity contribution in [1.29, 1.82) is 0 Å². The van der Waals surface area contributed by atoms with E-state index in [4.69, 9.17) is 4.74 Å². The fraction of sp³-hybridized carbons (Fsp3) is 0.529. The molecule has 2 saturated heterocycles. The fourth-order valence-corrected chi connectivity index (χ4v) is 7.12. The zero-order valence-electron chi connectivity index (χ0n) is 14.3. The molecule has 0 radical (unpaired) electrons. The highest BCUT2D eigenvalue weighted by Crippen LogP contribution is 2.38. The highest BCUT2D eigenvalue weighted by atomic mass is 32.2. The number of amidine groups is 1.